The summed E-state index contributed by atoms with van der Waals surface area (Å²) in [5.41, 5.74) is 8.01. The summed E-state index contributed by atoms with van der Waals surface area (Å²) in [6.07, 6.45) is 0. The fourth-order valence-electron chi connectivity index (χ4n) is 1.76. The van der Waals surface area contributed by atoms with Gasteiger partial charge in [0.15, 0.2) is 0 Å². The van der Waals surface area contributed by atoms with Gasteiger partial charge in [0.25, 0.3) is 0 Å². The molecule has 4 heteroatoms. The first kappa shape index (κ1) is 14.6. The second kappa shape index (κ2) is 7.10. The first-order valence-corrected chi connectivity index (χ1v) is 7.44. The van der Waals surface area contributed by atoms with Crippen molar-refractivity contribution in [3.05, 3.63) is 48.0 Å². The van der Waals surface area contributed by atoms with Gasteiger partial charge in [0.2, 0.25) is 0 Å². The molecule has 2 aromatic rings. The van der Waals surface area contributed by atoms with Gasteiger partial charge in [0.05, 0.1) is 13.7 Å². The van der Waals surface area contributed by atoms with Crippen molar-refractivity contribution in [1.82, 2.24) is 0 Å². The fraction of sp³-hybridized carbons (Fsp3) is 0.250. The van der Waals surface area contributed by atoms with Crippen LogP contribution in [0.1, 0.15) is 5.56 Å². The average molecular weight is 289 g/mol. The molecular formula is C16H19NO2S. The Labute approximate surface area is 124 Å². The number of aryl methyl sites for hydroxylation is 1. The molecule has 0 radical (unpaired) electrons. The number of thioether (sulfide) groups is 1. The van der Waals surface area contributed by atoms with E-state index in [0.717, 1.165) is 33.4 Å². The Morgan fingerprint density at radius 3 is 2.45 bits per heavy atom. The van der Waals surface area contributed by atoms with E-state index in [2.05, 4.69) is 0 Å². The van der Waals surface area contributed by atoms with Crippen LogP contribution >= 0.6 is 11.8 Å². The van der Waals surface area contributed by atoms with E-state index in [-0.39, 0.29) is 0 Å². The minimum absolute atomic E-state index is 0.643. The van der Waals surface area contributed by atoms with Crippen LogP contribution in [-0.4, -0.2) is 19.5 Å². The van der Waals surface area contributed by atoms with Gasteiger partial charge in [-0.3, -0.25) is 0 Å². The summed E-state index contributed by atoms with van der Waals surface area (Å²) in [5, 5.41) is 0. The molecule has 0 unspecified atom stereocenters. The van der Waals surface area contributed by atoms with Crippen molar-refractivity contribution in [3.63, 3.8) is 0 Å². The van der Waals surface area contributed by atoms with E-state index < -0.39 is 0 Å². The van der Waals surface area contributed by atoms with Crippen molar-refractivity contribution in [2.75, 3.05) is 25.2 Å². The summed E-state index contributed by atoms with van der Waals surface area (Å²) in [6, 6.07) is 13.7. The van der Waals surface area contributed by atoms with E-state index in [1.807, 2.05) is 49.4 Å². The molecular weight excluding hydrogens is 270 g/mol. The molecule has 0 aliphatic carbocycles. The number of nitrogens with two attached hydrogens (primary N) is 1. The molecule has 0 saturated carbocycles. The largest absolute Gasteiger partial charge is 0.497 e. The van der Waals surface area contributed by atoms with Crippen LogP contribution in [0.4, 0.5) is 5.69 Å². The summed E-state index contributed by atoms with van der Waals surface area (Å²) in [7, 11) is 1.65. The third-order valence-electron chi connectivity index (χ3n) is 2.95. The van der Waals surface area contributed by atoms with Crippen LogP contribution in [0.15, 0.2) is 47.4 Å². The predicted molar refractivity (Wildman–Crippen MR) is 84.8 cm³/mol. The van der Waals surface area contributed by atoms with Gasteiger partial charge >= 0.3 is 0 Å². The van der Waals surface area contributed by atoms with Crippen LogP contribution in [0.5, 0.6) is 11.5 Å². The lowest BCUT2D eigenvalue weighted by atomic mass is 10.2. The minimum Gasteiger partial charge on any atom is -0.497 e. The van der Waals surface area contributed by atoms with E-state index in [1.165, 1.54) is 0 Å². The molecule has 0 heterocycles. The number of hydrogen-bond donors (Lipinski definition) is 1. The molecule has 0 aromatic heterocycles. The summed E-state index contributed by atoms with van der Waals surface area (Å²) in [6.45, 7) is 2.66. The molecule has 0 aliphatic rings. The number of anilines is 1. The van der Waals surface area contributed by atoms with Gasteiger partial charge in [-0.2, -0.15) is 0 Å². The Hall–Kier alpha value is -1.81. The predicted octanol–water partition coefficient (Wildman–Crippen LogP) is 3.76. The SMILES string of the molecule is COc1ccc(OCCSc2cccc(C)c2N)cc1. The third-order valence-corrected chi connectivity index (χ3v) is 3.99. The van der Waals surface area contributed by atoms with Crippen LogP contribution < -0.4 is 15.2 Å². The highest BCUT2D eigenvalue weighted by molar-refractivity contribution is 7.99. The maximum Gasteiger partial charge on any atom is 0.119 e. The van der Waals surface area contributed by atoms with Crippen molar-refractivity contribution in [3.8, 4) is 11.5 Å². The lowest BCUT2D eigenvalue weighted by Gasteiger charge is -2.09. The first-order chi connectivity index (χ1) is 9.70. The Balaban J connectivity index is 1.80. The summed E-state index contributed by atoms with van der Waals surface area (Å²) >= 11 is 1.71. The maximum atomic E-state index is 6.03. The van der Waals surface area contributed by atoms with Crippen LogP contribution in [0.2, 0.25) is 0 Å². The molecule has 0 saturated heterocycles. The molecule has 0 amide bonds. The van der Waals surface area contributed by atoms with Gasteiger partial charge in [0, 0.05) is 16.3 Å². The van der Waals surface area contributed by atoms with E-state index in [9.17, 15) is 0 Å². The summed E-state index contributed by atoms with van der Waals surface area (Å²) < 4.78 is 10.8. The first-order valence-electron chi connectivity index (χ1n) is 6.45. The zero-order valence-corrected chi connectivity index (χ0v) is 12.6. The number of para-hydroxylation sites is 1. The standard InChI is InChI=1S/C16H19NO2S/c1-12-4-3-5-15(16(12)17)20-11-10-19-14-8-6-13(18-2)7-9-14/h3-9H,10-11,17H2,1-2H3. The molecule has 106 valence electrons. The van der Waals surface area contributed by atoms with Crippen LogP contribution in [0.25, 0.3) is 0 Å². The number of hydrogen-bond acceptors (Lipinski definition) is 4. The van der Waals surface area contributed by atoms with Gasteiger partial charge in [-0.1, -0.05) is 12.1 Å². The van der Waals surface area contributed by atoms with Crippen molar-refractivity contribution >= 4 is 17.4 Å². The Kier molecular flexibility index (Phi) is 5.18. The Morgan fingerprint density at radius 1 is 1.05 bits per heavy atom. The molecule has 2 N–H and O–H groups in total. The Bertz CT molecular complexity index is 555. The normalized spacial score (nSPS) is 10.3. The monoisotopic (exact) mass is 289 g/mol. The van der Waals surface area contributed by atoms with E-state index in [0.29, 0.717) is 6.61 Å². The molecule has 0 spiro atoms. The van der Waals surface area contributed by atoms with E-state index >= 15 is 0 Å². The van der Waals surface area contributed by atoms with Crippen molar-refractivity contribution in [2.24, 2.45) is 0 Å². The summed E-state index contributed by atoms with van der Waals surface area (Å²) in [5.74, 6) is 2.54. The number of nitrogen functional groups attached to an aromatic ring is 1. The number of rotatable bonds is 6. The molecule has 0 fully saturated rings. The van der Waals surface area contributed by atoms with Crippen LogP contribution in [0, 0.1) is 6.92 Å². The number of ether oxygens (including phenoxy) is 2. The molecule has 2 rings (SSSR count). The van der Waals surface area contributed by atoms with Gasteiger partial charge in [-0.25, -0.2) is 0 Å². The molecule has 0 aliphatic heterocycles. The highest BCUT2D eigenvalue weighted by atomic mass is 32.2. The zero-order chi connectivity index (χ0) is 14.4. The van der Waals surface area contributed by atoms with Gasteiger partial charge in [-0.05, 0) is 42.8 Å². The molecule has 2 aromatic carbocycles. The van der Waals surface area contributed by atoms with Crippen LogP contribution in [-0.2, 0) is 0 Å². The zero-order valence-electron chi connectivity index (χ0n) is 11.8. The molecule has 0 atom stereocenters. The topological polar surface area (TPSA) is 44.5 Å². The van der Waals surface area contributed by atoms with E-state index in [1.54, 1.807) is 18.9 Å². The smallest absolute Gasteiger partial charge is 0.119 e. The van der Waals surface area contributed by atoms with Crippen molar-refractivity contribution in [2.45, 2.75) is 11.8 Å². The highest BCUT2D eigenvalue weighted by Crippen LogP contribution is 2.27. The number of methoxy groups -OCH3 is 1. The third kappa shape index (κ3) is 3.84. The highest BCUT2D eigenvalue weighted by Gasteiger charge is 2.02. The molecule has 20 heavy (non-hydrogen) atoms. The Morgan fingerprint density at radius 2 is 1.75 bits per heavy atom. The second-order valence-corrected chi connectivity index (χ2v) is 5.50. The van der Waals surface area contributed by atoms with Crippen LogP contribution in [0.3, 0.4) is 0 Å². The molecule has 3 nitrogen and oxygen atoms in total. The lowest BCUT2D eigenvalue weighted by Crippen LogP contribution is -2.01. The number of benzene rings is 2. The minimum atomic E-state index is 0.643. The van der Waals surface area contributed by atoms with Gasteiger partial charge in [0.1, 0.15) is 11.5 Å². The quantitative estimate of drug-likeness (QED) is 0.499. The molecule has 0 bridgehead atoms. The van der Waals surface area contributed by atoms with Gasteiger partial charge < -0.3 is 15.2 Å². The summed E-state index contributed by atoms with van der Waals surface area (Å²) in [4.78, 5) is 1.11. The van der Waals surface area contributed by atoms with Gasteiger partial charge in [-0.15, -0.1) is 11.8 Å². The maximum absolute atomic E-state index is 6.03. The average Bonchev–Trinajstić information content (AvgIpc) is 2.48. The lowest BCUT2D eigenvalue weighted by molar-refractivity contribution is 0.342. The van der Waals surface area contributed by atoms with E-state index in [4.69, 9.17) is 15.2 Å². The van der Waals surface area contributed by atoms with Crippen molar-refractivity contribution < 1.29 is 9.47 Å². The fourth-order valence-corrected chi connectivity index (χ4v) is 2.64. The second-order valence-electron chi connectivity index (χ2n) is 4.36. The van der Waals surface area contributed by atoms with Crippen molar-refractivity contribution in [1.29, 1.82) is 0 Å².